The van der Waals surface area contributed by atoms with E-state index in [0.717, 1.165) is 0 Å². The van der Waals surface area contributed by atoms with Crippen molar-refractivity contribution in [1.82, 2.24) is 0 Å². The summed E-state index contributed by atoms with van der Waals surface area (Å²) in [4.78, 5) is 0. The predicted octanol–water partition coefficient (Wildman–Crippen LogP) is 2.84. The van der Waals surface area contributed by atoms with Crippen LogP contribution in [0, 0.1) is 0 Å². The maximum Gasteiger partial charge on any atom is 0.328 e. The van der Waals surface area contributed by atoms with Gasteiger partial charge in [-0.1, -0.05) is 0 Å². The second kappa shape index (κ2) is 3.93. The van der Waals surface area contributed by atoms with Crippen LogP contribution in [0.5, 0.6) is 0 Å². The van der Waals surface area contributed by atoms with Gasteiger partial charge in [0.1, 0.15) is 6.61 Å². The molecule has 0 radical (unpaired) electrons. The molecule has 0 heterocycles. The van der Waals surface area contributed by atoms with Gasteiger partial charge in [-0.2, -0.15) is 8.78 Å². The van der Waals surface area contributed by atoms with Crippen molar-refractivity contribution in [2.45, 2.75) is 25.4 Å². The molecule has 0 aromatic carbocycles. The van der Waals surface area contributed by atoms with Gasteiger partial charge in [-0.05, 0) is 13.1 Å². The number of rotatable bonds is 4. The molecular weight excluding hydrogens is 216 g/mol. The molecule has 0 aliphatic rings. The lowest BCUT2D eigenvalue weighted by Crippen LogP contribution is -2.37. The van der Waals surface area contributed by atoms with Crippen LogP contribution in [0.2, 0.25) is 13.1 Å². The minimum absolute atomic E-state index is 1.31. The second-order valence-electron chi connectivity index (χ2n) is 2.71. The first-order valence-electron chi connectivity index (χ1n) is 3.14. The highest BCUT2D eigenvalue weighted by Gasteiger charge is 2.42. The predicted molar refractivity (Wildman–Crippen MR) is 40.2 cm³/mol. The van der Waals surface area contributed by atoms with Crippen molar-refractivity contribution < 1.29 is 22.0 Å². The summed E-state index contributed by atoms with van der Waals surface area (Å²) in [7, 11) is -2.65. The Morgan fingerprint density at radius 3 is 2.08 bits per heavy atom. The van der Waals surface area contributed by atoms with Gasteiger partial charge < -0.3 is 4.43 Å². The van der Waals surface area contributed by atoms with Crippen molar-refractivity contribution in [2.24, 2.45) is 0 Å². The average molecular weight is 225 g/mol. The molecule has 0 saturated heterocycles. The molecule has 74 valence electrons. The first kappa shape index (κ1) is 12.2. The van der Waals surface area contributed by atoms with E-state index >= 15 is 0 Å². The molecule has 0 N–H and O–H groups in total. The van der Waals surface area contributed by atoms with Gasteiger partial charge in [-0.3, -0.25) is 0 Å². The van der Waals surface area contributed by atoms with E-state index in [2.05, 4.69) is 4.43 Å². The van der Waals surface area contributed by atoms with Crippen LogP contribution < -0.4 is 0 Å². The second-order valence-corrected chi connectivity index (χ2v) is 8.46. The SMILES string of the molecule is C[Si](C)(Cl)OCC(F)(F)C(F)F. The van der Waals surface area contributed by atoms with Crippen LogP contribution in [0.25, 0.3) is 0 Å². The molecule has 0 amide bonds. The van der Waals surface area contributed by atoms with Gasteiger partial charge in [0.15, 0.2) is 0 Å². The van der Waals surface area contributed by atoms with Crippen LogP contribution >= 0.6 is 11.1 Å². The standard InChI is InChI=1S/C5H9ClF4OSi/c1-12(2,6)11-3-5(9,10)4(7)8/h4H,3H2,1-2H3. The Morgan fingerprint density at radius 1 is 1.42 bits per heavy atom. The highest BCUT2D eigenvalue weighted by molar-refractivity contribution is 7.15. The molecule has 0 saturated carbocycles. The topological polar surface area (TPSA) is 9.23 Å². The molecular formula is C5H9ClF4OSi. The molecule has 0 aromatic rings. The van der Waals surface area contributed by atoms with Crippen molar-refractivity contribution in [2.75, 3.05) is 6.61 Å². The van der Waals surface area contributed by atoms with Gasteiger partial charge in [0.25, 0.3) is 7.63 Å². The van der Waals surface area contributed by atoms with Crippen LogP contribution in [0.15, 0.2) is 0 Å². The first-order chi connectivity index (χ1) is 5.15. The highest BCUT2D eigenvalue weighted by atomic mass is 35.6. The van der Waals surface area contributed by atoms with Crippen molar-refractivity contribution in [3.8, 4) is 0 Å². The van der Waals surface area contributed by atoms with Crippen molar-refractivity contribution in [3.05, 3.63) is 0 Å². The summed E-state index contributed by atoms with van der Waals surface area (Å²) in [6.07, 6.45) is -3.70. The molecule has 0 bridgehead atoms. The summed E-state index contributed by atoms with van der Waals surface area (Å²) >= 11 is 5.48. The van der Waals surface area contributed by atoms with Gasteiger partial charge >= 0.3 is 12.3 Å². The van der Waals surface area contributed by atoms with E-state index in [4.69, 9.17) is 11.1 Å². The van der Waals surface area contributed by atoms with Crippen molar-refractivity contribution in [1.29, 1.82) is 0 Å². The Balaban J connectivity index is 3.93. The van der Waals surface area contributed by atoms with E-state index < -0.39 is 26.6 Å². The molecule has 0 atom stereocenters. The van der Waals surface area contributed by atoms with E-state index in [9.17, 15) is 17.6 Å². The van der Waals surface area contributed by atoms with Gasteiger partial charge in [-0.25, -0.2) is 8.78 Å². The summed E-state index contributed by atoms with van der Waals surface area (Å²) < 4.78 is 51.8. The fourth-order valence-electron chi connectivity index (χ4n) is 0.331. The zero-order valence-corrected chi connectivity index (χ0v) is 8.34. The number of halogens is 5. The monoisotopic (exact) mass is 224 g/mol. The summed E-state index contributed by atoms with van der Waals surface area (Å²) in [5, 5.41) is 0. The lowest BCUT2D eigenvalue weighted by atomic mass is 10.4. The fraction of sp³-hybridized carbons (Fsp3) is 1.00. The molecule has 0 aromatic heterocycles. The van der Waals surface area contributed by atoms with Crippen molar-refractivity contribution >= 4 is 18.7 Å². The van der Waals surface area contributed by atoms with E-state index in [1.54, 1.807) is 0 Å². The molecule has 1 nitrogen and oxygen atoms in total. The van der Waals surface area contributed by atoms with Gasteiger partial charge in [0, 0.05) is 0 Å². The smallest absolute Gasteiger partial charge is 0.328 e. The fourth-order valence-corrected chi connectivity index (χ4v) is 1.03. The van der Waals surface area contributed by atoms with Crippen LogP contribution in [0.3, 0.4) is 0 Å². The normalized spacial score (nSPS) is 14.0. The minimum Gasteiger partial charge on any atom is -0.397 e. The third kappa shape index (κ3) is 4.94. The molecule has 12 heavy (non-hydrogen) atoms. The van der Waals surface area contributed by atoms with Crippen LogP contribution in [0.4, 0.5) is 17.6 Å². The summed E-state index contributed by atoms with van der Waals surface area (Å²) in [5.41, 5.74) is 0. The van der Waals surface area contributed by atoms with E-state index in [1.807, 2.05) is 0 Å². The minimum atomic E-state index is -4.10. The Hall–Kier alpha value is 0.187. The molecule has 0 spiro atoms. The molecule has 0 aliphatic carbocycles. The number of hydrogen-bond donors (Lipinski definition) is 0. The molecule has 7 heteroatoms. The average Bonchev–Trinajstić information content (AvgIpc) is 1.82. The van der Waals surface area contributed by atoms with Crippen molar-refractivity contribution in [3.63, 3.8) is 0 Å². The molecule has 0 aliphatic heterocycles. The zero-order valence-electron chi connectivity index (χ0n) is 6.58. The Labute approximate surface area is 73.5 Å². The molecule has 0 rings (SSSR count). The van der Waals surface area contributed by atoms with Gasteiger partial charge in [-0.15, -0.1) is 11.1 Å². The van der Waals surface area contributed by atoms with Crippen LogP contribution in [0.1, 0.15) is 0 Å². The maximum atomic E-state index is 12.2. The lowest BCUT2D eigenvalue weighted by molar-refractivity contribution is -0.149. The number of hydrogen-bond acceptors (Lipinski definition) is 1. The Morgan fingerprint density at radius 2 is 1.83 bits per heavy atom. The maximum absolute atomic E-state index is 12.2. The third-order valence-corrected chi connectivity index (χ3v) is 2.09. The summed E-state index contributed by atoms with van der Waals surface area (Å²) in [5.74, 6) is -4.10. The first-order valence-corrected chi connectivity index (χ1v) is 7.06. The van der Waals surface area contributed by atoms with E-state index in [1.165, 1.54) is 13.1 Å². The van der Waals surface area contributed by atoms with Gasteiger partial charge in [0.2, 0.25) is 0 Å². The Bertz CT molecular complexity index is 147. The Kier molecular flexibility index (Phi) is 3.99. The molecule has 0 fully saturated rings. The largest absolute Gasteiger partial charge is 0.397 e. The van der Waals surface area contributed by atoms with E-state index in [0.29, 0.717) is 0 Å². The number of alkyl halides is 4. The quantitative estimate of drug-likeness (QED) is 0.405. The lowest BCUT2D eigenvalue weighted by Gasteiger charge is -2.20. The van der Waals surface area contributed by atoms with Gasteiger partial charge in [0.05, 0.1) is 0 Å². The zero-order chi connectivity index (χ0) is 9.99. The van der Waals surface area contributed by atoms with Crippen LogP contribution in [-0.2, 0) is 4.43 Å². The van der Waals surface area contributed by atoms with E-state index in [-0.39, 0.29) is 0 Å². The van der Waals surface area contributed by atoms with Crippen LogP contribution in [-0.4, -0.2) is 26.6 Å². The highest BCUT2D eigenvalue weighted by Crippen LogP contribution is 2.25. The third-order valence-electron chi connectivity index (χ3n) is 0.927. The summed E-state index contributed by atoms with van der Waals surface area (Å²) in [6.45, 7) is 1.54. The molecule has 0 unspecified atom stereocenters. The summed E-state index contributed by atoms with van der Waals surface area (Å²) in [6, 6.07) is 0.